The molecule has 0 fully saturated rings. The predicted molar refractivity (Wildman–Crippen MR) is 95.5 cm³/mol. The molecule has 3 rings (SSSR count). The zero-order valence-electron chi connectivity index (χ0n) is 15.2. The third-order valence-electron chi connectivity index (χ3n) is 4.69. The molecule has 0 radical (unpaired) electrons. The first-order valence-electron chi connectivity index (χ1n) is 8.77. The number of carbonyl (C=O) groups is 2. The van der Waals surface area contributed by atoms with Gasteiger partial charge in [-0.25, -0.2) is 9.18 Å². The number of aromatic nitrogens is 3. The quantitative estimate of drug-likeness (QED) is 0.829. The number of carboxylic acids is 1. The smallest absolute Gasteiger partial charge is 0.317 e. The van der Waals surface area contributed by atoms with Crippen molar-refractivity contribution in [3.63, 3.8) is 0 Å². The Bertz CT molecular complexity index is 836. The zero-order valence-corrected chi connectivity index (χ0v) is 15.2. The molecule has 0 spiro atoms. The molecule has 27 heavy (non-hydrogen) atoms. The van der Waals surface area contributed by atoms with Gasteiger partial charge < -0.3 is 19.9 Å². The zero-order chi connectivity index (χ0) is 19.6. The number of aliphatic carboxylic acids is 1. The molecule has 2 heterocycles. The molecule has 0 saturated carbocycles. The van der Waals surface area contributed by atoms with Crippen LogP contribution in [0.15, 0.2) is 24.3 Å². The number of fused-ring (bicyclic) bond motifs is 1. The number of benzene rings is 1. The summed E-state index contributed by atoms with van der Waals surface area (Å²) in [7, 11) is 1.58. The summed E-state index contributed by atoms with van der Waals surface area (Å²) in [5.41, 5.74) is 0.759. The maximum absolute atomic E-state index is 13.2. The number of nitrogens with one attached hydrogen (secondary N) is 1. The minimum absolute atomic E-state index is 0.122. The molecule has 9 heteroatoms. The molecule has 8 nitrogen and oxygen atoms in total. The summed E-state index contributed by atoms with van der Waals surface area (Å²) in [6.07, 6.45) is 1.38. The van der Waals surface area contributed by atoms with Crippen LogP contribution in [0.4, 0.5) is 9.18 Å². The average Bonchev–Trinajstić information content (AvgIpc) is 3.05. The Morgan fingerprint density at radius 3 is 2.74 bits per heavy atom. The van der Waals surface area contributed by atoms with E-state index < -0.39 is 11.9 Å². The molecule has 0 aliphatic carbocycles. The van der Waals surface area contributed by atoms with E-state index in [2.05, 4.69) is 15.5 Å². The lowest BCUT2D eigenvalue weighted by Crippen LogP contribution is -2.48. The van der Waals surface area contributed by atoms with Crippen molar-refractivity contribution in [3.8, 4) is 11.4 Å². The maximum atomic E-state index is 13.2. The van der Waals surface area contributed by atoms with E-state index in [4.69, 9.17) is 5.11 Å². The van der Waals surface area contributed by atoms with Crippen LogP contribution in [0.1, 0.15) is 19.2 Å². The fourth-order valence-electron chi connectivity index (χ4n) is 3.11. The number of carbonyl (C=O) groups excluding carboxylic acids is 1. The summed E-state index contributed by atoms with van der Waals surface area (Å²) in [5.74, 6) is -0.433. The molecule has 2 amide bonds. The van der Waals surface area contributed by atoms with Crippen molar-refractivity contribution in [1.29, 1.82) is 0 Å². The summed E-state index contributed by atoms with van der Waals surface area (Å²) in [6.45, 7) is 2.20. The summed E-state index contributed by atoms with van der Waals surface area (Å²) in [6, 6.07) is 5.61. The molecular weight excluding hydrogens is 353 g/mol. The van der Waals surface area contributed by atoms with E-state index in [0.717, 1.165) is 17.8 Å². The lowest BCUT2D eigenvalue weighted by atomic mass is 10.1. The second-order valence-electron chi connectivity index (χ2n) is 6.86. The first-order chi connectivity index (χ1) is 12.8. The number of halogens is 1. The maximum Gasteiger partial charge on any atom is 0.317 e. The Balaban J connectivity index is 1.67. The van der Waals surface area contributed by atoms with Crippen molar-refractivity contribution in [1.82, 2.24) is 25.0 Å². The van der Waals surface area contributed by atoms with Crippen LogP contribution >= 0.6 is 0 Å². The highest BCUT2D eigenvalue weighted by Gasteiger charge is 2.26. The SMILES string of the molecule is CC(CN(C)C(=O)NC1CCc2nnc(-c3ccc(F)cc3)n2C1)C(=O)O. The van der Waals surface area contributed by atoms with Crippen molar-refractivity contribution < 1.29 is 19.1 Å². The largest absolute Gasteiger partial charge is 0.481 e. The van der Waals surface area contributed by atoms with Gasteiger partial charge in [-0.05, 0) is 30.7 Å². The Labute approximate surface area is 156 Å². The van der Waals surface area contributed by atoms with Crippen LogP contribution in [0.25, 0.3) is 11.4 Å². The molecule has 0 saturated heterocycles. The predicted octanol–water partition coefficient (Wildman–Crippen LogP) is 1.76. The van der Waals surface area contributed by atoms with E-state index >= 15 is 0 Å². The number of nitrogens with zero attached hydrogens (tertiary/aromatic N) is 4. The molecule has 144 valence electrons. The van der Waals surface area contributed by atoms with Crippen LogP contribution < -0.4 is 5.32 Å². The van der Waals surface area contributed by atoms with E-state index in [-0.39, 0.29) is 24.4 Å². The van der Waals surface area contributed by atoms with Gasteiger partial charge in [-0.2, -0.15) is 0 Å². The van der Waals surface area contributed by atoms with Gasteiger partial charge in [0.05, 0.1) is 5.92 Å². The third-order valence-corrected chi connectivity index (χ3v) is 4.69. The van der Waals surface area contributed by atoms with Crippen molar-refractivity contribution >= 4 is 12.0 Å². The molecule has 1 aliphatic rings. The minimum atomic E-state index is -0.939. The Morgan fingerprint density at radius 1 is 1.37 bits per heavy atom. The second kappa shape index (κ2) is 7.73. The highest BCUT2D eigenvalue weighted by molar-refractivity contribution is 5.76. The number of urea groups is 1. The van der Waals surface area contributed by atoms with Crippen LogP contribution in [-0.4, -0.2) is 56.4 Å². The van der Waals surface area contributed by atoms with Crippen LogP contribution in [-0.2, 0) is 17.8 Å². The Morgan fingerprint density at radius 2 is 2.07 bits per heavy atom. The molecule has 2 atom stereocenters. The molecule has 2 unspecified atom stereocenters. The number of aryl methyl sites for hydroxylation is 1. The lowest BCUT2D eigenvalue weighted by molar-refractivity contribution is -0.141. The summed E-state index contributed by atoms with van der Waals surface area (Å²) >= 11 is 0. The van der Waals surface area contributed by atoms with Crippen molar-refractivity contribution in [2.24, 2.45) is 5.92 Å². The molecule has 1 aromatic carbocycles. The molecule has 2 aromatic rings. The average molecular weight is 375 g/mol. The minimum Gasteiger partial charge on any atom is -0.481 e. The first kappa shape index (κ1) is 18.8. The fraction of sp³-hybridized carbons (Fsp3) is 0.444. The van der Waals surface area contributed by atoms with Gasteiger partial charge in [-0.3, -0.25) is 4.79 Å². The Hall–Kier alpha value is -2.97. The molecule has 1 aliphatic heterocycles. The summed E-state index contributed by atoms with van der Waals surface area (Å²) < 4.78 is 15.1. The standard InChI is InChI=1S/C18H22FN5O3/c1-11(17(25)26)9-23(2)18(27)20-14-7-8-15-21-22-16(24(15)10-14)12-3-5-13(19)6-4-12/h3-6,11,14H,7-10H2,1-2H3,(H,20,27)(H,25,26). The van der Waals surface area contributed by atoms with Gasteiger partial charge >= 0.3 is 12.0 Å². The first-order valence-corrected chi connectivity index (χ1v) is 8.77. The van der Waals surface area contributed by atoms with E-state index in [1.165, 1.54) is 17.0 Å². The molecule has 0 bridgehead atoms. The molecule has 1 aromatic heterocycles. The Kier molecular flexibility index (Phi) is 5.38. The third kappa shape index (κ3) is 4.24. The van der Waals surface area contributed by atoms with Crippen LogP contribution in [0.5, 0.6) is 0 Å². The monoisotopic (exact) mass is 375 g/mol. The van der Waals surface area contributed by atoms with E-state index in [0.29, 0.717) is 18.8 Å². The normalized spacial score (nSPS) is 17.1. The van der Waals surface area contributed by atoms with Gasteiger partial charge in [0, 0.05) is 38.2 Å². The van der Waals surface area contributed by atoms with E-state index in [1.807, 2.05) is 4.57 Å². The number of rotatable bonds is 5. The van der Waals surface area contributed by atoms with Gasteiger partial charge in [-0.1, -0.05) is 6.92 Å². The topological polar surface area (TPSA) is 100 Å². The summed E-state index contributed by atoms with van der Waals surface area (Å²) in [4.78, 5) is 24.7. The van der Waals surface area contributed by atoms with Crippen molar-refractivity contribution in [2.75, 3.05) is 13.6 Å². The van der Waals surface area contributed by atoms with Gasteiger partial charge in [0.15, 0.2) is 5.82 Å². The van der Waals surface area contributed by atoms with Crippen LogP contribution in [0.3, 0.4) is 0 Å². The van der Waals surface area contributed by atoms with Crippen LogP contribution in [0.2, 0.25) is 0 Å². The van der Waals surface area contributed by atoms with Gasteiger partial charge in [0.25, 0.3) is 0 Å². The van der Waals surface area contributed by atoms with Crippen molar-refractivity contribution in [2.45, 2.75) is 32.4 Å². The van der Waals surface area contributed by atoms with Gasteiger partial charge in [0.1, 0.15) is 11.6 Å². The fourth-order valence-corrected chi connectivity index (χ4v) is 3.11. The van der Waals surface area contributed by atoms with Gasteiger partial charge in [-0.15, -0.1) is 10.2 Å². The molecular formula is C18H22FN5O3. The number of hydrogen-bond donors (Lipinski definition) is 2. The molecule has 2 N–H and O–H groups in total. The highest BCUT2D eigenvalue weighted by Crippen LogP contribution is 2.23. The van der Waals surface area contributed by atoms with E-state index in [9.17, 15) is 14.0 Å². The van der Waals surface area contributed by atoms with Crippen molar-refractivity contribution in [3.05, 3.63) is 35.9 Å². The van der Waals surface area contributed by atoms with Gasteiger partial charge in [0.2, 0.25) is 0 Å². The number of carboxylic acid groups (broad SMARTS) is 1. The van der Waals surface area contributed by atoms with Crippen LogP contribution in [0, 0.1) is 11.7 Å². The second-order valence-corrected chi connectivity index (χ2v) is 6.86. The number of hydrogen-bond acceptors (Lipinski definition) is 4. The summed E-state index contributed by atoms with van der Waals surface area (Å²) in [5, 5.41) is 20.3. The number of amides is 2. The lowest BCUT2D eigenvalue weighted by Gasteiger charge is -2.28. The van der Waals surface area contributed by atoms with E-state index in [1.54, 1.807) is 26.1 Å². The highest BCUT2D eigenvalue weighted by atomic mass is 19.1.